The lowest BCUT2D eigenvalue weighted by Gasteiger charge is -2.13. The Kier molecular flexibility index (Phi) is 46.5. The van der Waals surface area contributed by atoms with Crippen LogP contribution in [0.15, 0.2) is 54.6 Å². The summed E-state index contributed by atoms with van der Waals surface area (Å²) in [4.78, 5) is 69.1. The van der Waals surface area contributed by atoms with Crippen molar-refractivity contribution in [1.82, 2.24) is 31.9 Å². The van der Waals surface area contributed by atoms with Crippen molar-refractivity contribution < 1.29 is 30.2 Å². The highest BCUT2D eigenvalue weighted by molar-refractivity contribution is 6.00. The first-order chi connectivity index (χ1) is 31.2. The summed E-state index contributed by atoms with van der Waals surface area (Å²) in [5.41, 5.74) is 6.36. The number of hydrogen-bond acceptors (Lipinski definition) is 6. The second kappa shape index (κ2) is 44.9. The van der Waals surface area contributed by atoms with E-state index in [1.54, 1.807) is 36.4 Å². The topological polar surface area (TPSA) is 247 Å². The zero-order valence-electron chi connectivity index (χ0n) is 42.4. The first-order valence-electron chi connectivity index (χ1n) is 22.8. The molecule has 0 radical (unpaired) electrons. The van der Waals surface area contributed by atoms with Crippen LogP contribution < -0.4 is 63.8 Å². The summed E-state index contributed by atoms with van der Waals surface area (Å²) in [5.74, 6) is 0. The van der Waals surface area contributed by atoms with Crippen molar-refractivity contribution >= 4 is 70.3 Å². The molecule has 0 aliphatic carbocycles. The average molecular weight is 932 g/mol. The molecule has 0 spiro atoms. The molecule has 0 atom stereocenters. The van der Waals surface area contributed by atoms with Crippen LogP contribution in [0.1, 0.15) is 122 Å². The van der Waals surface area contributed by atoms with Crippen molar-refractivity contribution in [3.63, 3.8) is 0 Å². The Morgan fingerprint density at radius 2 is 0.470 bits per heavy atom. The minimum absolute atomic E-state index is 0. The average Bonchev–Trinajstić information content (AvgIpc) is 3.27. The van der Waals surface area contributed by atoms with Gasteiger partial charge in [-0.05, 0) is 115 Å². The Labute approximate surface area is 399 Å². The molecule has 0 unspecified atom stereocenters. The summed E-state index contributed by atoms with van der Waals surface area (Å²) in [5, 5.41) is 32.0. The van der Waals surface area contributed by atoms with Gasteiger partial charge in [0.15, 0.2) is 0 Å². The van der Waals surface area contributed by atoms with E-state index in [1.165, 1.54) is 0 Å². The molecule has 0 fully saturated rings. The van der Waals surface area contributed by atoms with Crippen LogP contribution in [0.5, 0.6) is 0 Å². The fourth-order valence-corrected chi connectivity index (χ4v) is 4.57. The molecular weight excluding hydrogens is 841 g/mol. The van der Waals surface area contributed by atoms with Crippen LogP contribution in [0.2, 0.25) is 0 Å². The number of carbonyl (C=O) groups is 6. The quantitative estimate of drug-likeness (QED) is 0.0841. The molecule has 66 heavy (non-hydrogen) atoms. The number of urea groups is 6. The fraction of sp³-hybridized carbons (Fsp3) is 0.500. The Bertz CT molecular complexity index is 1600. The SMILES string of the molecule is C.CC.CC.CC.CC.CCNC(=O)Nc1ccc(C)cc1NC(=O)NCC.CCNC(=O)Nc1ccc(C)cc1NC(=O)NCC.CCNC(=O)Nc1ccc(C)cc1NC(=O)NCC.[2HH]. The van der Waals surface area contributed by atoms with Crippen LogP contribution in [-0.2, 0) is 0 Å². The van der Waals surface area contributed by atoms with Crippen molar-refractivity contribution in [2.24, 2.45) is 0 Å². The fourth-order valence-electron chi connectivity index (χ4n) is 4.57. The Morgan fingerprint density at radius 1 is 0.318 bits per heavy atom. The number of anilines is 6. The number of nitrogens with one attached hydrogen (secondary N) is 12. The van der Waals surface area contributed by atoms with Gasteiger partial charge < -0.3 is 63.8 Å². The van der Waals surface area contributed by atoms with Gasteiger partial charge >= 0.3 is 36.2 Å². The van der Waals surface area contributed by atoms with Crippen molar-refractivity contribution in [2.75, 3.05) is 71.2 Å². The summed E-state index contributed by atoms with van der Waals surface area (Å²) in [6, 6.07) is 14.5. The Balaban J connectivity index is -0.000000190. The van der Waals surface area contributed by atoms with E-state index in [0.29, 0.717) is 73.4 Å². The third-order valence-corrected chi connectivity index (χ3v) is 7.04. The summed E-state index contributed by atoms with van der Waals surface area (Å²) in [6.07, 6.45) is 0. The van der Waals surface area contributed by atoms with E-state index >= 15 is 0 Å². The number of hydrogen-bond donors (Lipinski definition) is 12. The van der Waals surface area contributed by atoms with Gasteiger partial charge in [0.1, 0.15) is 0 Å². The molecule has 3 rings (SSSR count). The molecule has 0 aliphatic rings. The van der Waals surface area contributed by atoms with Gasteiger partial charge in [-0.1, -0.05) is 81.0 Å². The summed E-state index contributed by atoms with van der Waals surface area (Å²) in [6.45, 7) is 36.0. The van der Waals surface area contributed by atoms with Crippen LogP contribution in [0.3, 0.4) is 0 Å². The highest BCUT2D eigenvalue weighted by Crippen LogP contribution is 2.25. The molecule has 12 N–H and O–H groups in total. The third kappa shape index (κ3) is 32.9. The maximum Gasteiger partial charge on any atom is 0.319 e. The van der Waals surface area contributed by atoms with Gasteiger partial charge in [-0.3, -0.25) is 0 Å². The monoisotopic (exact) mass is 932 g/mol. The van der Waals surface area contributed by atoms with Crippen LogP contribution >= 0.6 is 0 Å². The second-order valence-corrected chi connectivity index (χ2v) is 12.1. The van der Waals surface area contributed by atoms with E-state index in [4.69, 9.17) is 0 Å². The maximum atomic E-state index is 11.5. The molecule has 3 aromatic carbocycles. The molecule has 0 heterocycles. The first-order valence-corrected chi connectivity index (χ1v) is 22.8. The van der Waals surface area contributed by atoms with Crippen LogP contribution in [0.25, 0.3) is 0 Å². The lowest BCUT2D eigenvalue weighted by Crippen LogP contribution is -2.31. The number of aryl methyl sites for hydroxylation is 3. The minimum atomic E-state index is -0.301. The molecule has 0 aliphatic heterocycles. The second-order valence-electron chi connectivity index (χ2n) is 12.1. The molecule has 0 saturated carbocycles. The van der Waals surface area contributed by atoms with Crippen molar-refractivity contribution in [3.05, 3.63) is 71.3 Å². The van der Waals surface area contributed by atoms with E-state index in [-0.39, 0.29) is 45.0 Å². The largest absolute Gasteiger partial charge is 0.338 e. The van der Waals surface area contributed by atoms with Crippen LogP contribution in [-0.4, -0.2) is 75.5 Å². The van der Waals surface area contributed by atoms with E-state index in [0.717, 1.165) is 16.7 Å². The van der Waals surface area contributed by atoms with Gasteiger partial charge in [0.25, 0.3) is 0 Å². The Morgan fingerprint density at radius 3 is 0.621 bits per heavy atom. The molecule has 3 aromatic rings. The molecule has 0 aromatic heterocycles. The molecule has 378 valence electrons. The highest BCUT2D eigenvalue weighted by atomic mass is 16.2. The first kappa shape index (κ1) is 68.3. The van der Waals surface area contributed by atoms with Gasteiger partial charge in [0.2, 0.25) is 0 Å². The Hall–Kier alpha value is -6.72. The zero-order valence-corrected chi connectivity index (χ0v) is 42.4. The standard InChI is InChI=1S/3C13H20N4O2.4C2H6.CH4.H2/c3*1-4-14-12(18)16-10-7-6-9(3)8-11(10)17-13(19)15-5-2;4*1-2;;/h3*6-8H,4-5H2,1-3H3,(H2,14,16,18)(H2,15,17,19);4*1-2H3;1H4;1H/i;;;;;;;;1+1. The van der Waals surface area contributed by atoms with E-state index < -0.39 is 0 Å². The molecule has 12 amide bonds. The highest BCUT2D eigenvalue weighted by Gasteiger charge is 2.11. The lowest BCUT2D eigenvalue weighted by atomic mass is 10.2. The smallest absolute Gasteiger partial charge is 0.319 e. The number of benzene rings is 3. The van der Waals surface area contributed by atoms with Gasteiger partial charge in [0, 0.05) is 40.7 Å². The number of carbonyl (C=O) groups excluding carboxylic acids is 6. The van der Waals surface area contributed by atoms with E-state index in [2.05, 4.69) is 63.8 Å². The molecule has 0 saturated heterocycles. The molecule has 0 bridgehead atoms. The van der Waals surface area contributed by atoms with Crippen LogP contribution in [0.4, 0.5) is 62.9 Å². The predicted octanol–water partition coefficient (Wildman–Crippen LogP) is 11.8. The summed E-state index contributed by atoms with van der Waals surface area (Å²) in [7, 11) is 0. The molecular formula is C48H90N12O6. The summed E-state index contributed by atoms with van der Waals surface area (Å²) >= 11 is 0. The van der Waals surface area contributed by atoms with Gasteiger partial charge in [0.05, 0.1) is 34.1 Å². The number of amides is 12. The minimum Gasteiger partial charge on any atom is -0.338 e. The van der Waals surface area contributed by atoms with Crippen molar-refractivity contribution in [3.8, 4) is 0 Å². The number of rotatable bonds is 12. The molecule has 18 heteroatoms. The molecule has 18 nitrogen and oxygen atoms in total. The van der Waals surface area contributed by atoms with Crippen molar-refractivity contribution in [2.45, 2.75) is 125 Å². The summed E-state index contributed by atoms with van der Waals surface area (Å²) < 4.78 is 0. The lowest BCUT2D eigenvalue weighted by molar-refractivity contribution is 0.251. The van der Waals surface area contributed by atoms with Crippen molar-refractivity contribution in [1.29, 1.82) is 0 Å². The van der Waals surface area contributed by atoms with Gasteiger partial charge in [-0.15, -0.1) is 0 Å². The van der Waals surface area contributed by atoms with E-state index in [9.17, 15) is 28.8 Å². The van der Waals surface area contributed by atoms with E-state index in [1.807, 2.05) is 136 Å². The van der Waals surface area contributed by atoms with Gasteiger partial charge in [-0.25, -0.2) is 28.8 Å². The zero-order chi connectivity index (χ0) is 50.8. The van der Waals surface area contributed by atoms with Crippen LogP contribution in [0, 0.1) is 20.8 Å². The third-order valence-electron chi connectivity index (χ3n) is 7.04. The normalized spacial score (nSPS) is 8.68. The maximum absolute atomic E-state index is 11.5. The predicted molar refractivity (Wildman–Crippen MR) is 284 cm³/mol. The van der Waals surface area contributed by atoms with Gasteiger partial charge in [-0.2, -0.15) is 0 Å².